The molecule has 0 saturated carbocycles. The Labute approximate surface area is 446 Å². The van der Waals surface area contributed by atoms with Crippen LogP contribution in [0.25, 0.3) is 77.2 Å². The van der Waals surface area contributed by atoms with Crippen LogP contribution in [0.5, 0.6) is 0 Å². The van der Waals surface area contributed by atoms with Crippen LogP contribution in [-0.4, -0.2) is 0 Å². The van der Waals surface area contributed by atoms with Crippen molar-refractivity contribution in [2.24, 2.45) is 0 Å². The maximum Gasteiger partial charge on any atom is 0.0465 e. The van der Waals surface area contributed by atoms with E-state index in [0.29, 0.717) is 0 Å². The third-order valence-electron chi connectivity index (χ3n) is 16.7. The van der Waals surface area contributed by atoms with Gasteiger partial charge in [-0.3, -0.25) is 0 Å². The summed E-state index contributed by atoms with van der Waals surface area (Å²) in [5.41, 5.74) is 24.4. The molecule has 0 aliphatic heterocycles. The first-order valence-corrected chi connectivity index (χ1v) is 26.7. The molecule has 0 bridgehead atoms. The van der Waals surface area contributed by atoms with Gasteiger partial charge in [-0.1, -0.05) is 222 Å². The lowest BCUT2D eigenvalue weighted by atomic mass is 9.82. The highest BCUT2D eigenvalue weighted by atomic mass is 15.1. The van der Waals surface area contributed by atoms with Crippen molar-refractivity contribution in [3.63, 3.8) is 0 Å². The van der Waals surface area contributed by atoms with Gasteiger partial charge in [0.2, 0.25) is 0 Å². The van der Waals surface area contributed by atoms with Gasteiger partial charge in [0.15, 0.2) is 0 Å². The highest BCUT2D eigenvalue weighted by molar-refractivity contribution is 5.99. The molecule has 2 aliphatic carbocycles. The lowest BCUT2D eigenvalue weighted by molar-refractivity contribution is 0.660. The molecule has 0 saturated heterocycles. The Morgan fingerprint density at radius 2 is 0.513 bits per heavy atom. The fraction of sp³-hybridized carbons (Fsp3) is 0.0811. The molecule has 0 atom stereocenters. The molecule has 2 aliphatic rings. The molecule has 0 N–H and O–H groups in total. The molecule has 0 radical (unpaired) electrons. The summed E-state index contributed by atoms with van der Waals surface area (Å²) in [6, 6.07) is 98.8. The van der Waals surface area contributed by atoms with Crippen molar-refractivity contribution in [3.05, 3.63) is 289 Å². The summed E-state index contributed by atoms with van der Waals surface area (Å²) in [5.74, 6) is 0. The number of hydrogen-bond donors (Lipinski definition) is 0. The minimum atomic E-state index is -0.124. The molecule has 14 rings (SSSR count). The summed E-state index contributed by atoms with van der Waals surface area (Å²) in [4.78, 5) is 4.83. The van der Waals surface area contributed by atoms with Crippen molar-refractivity contribution in [1.29, 1.82) is 0 Å². The number of benzene rings is 12. The van der Waals surface area contributed by atoms with Crippen molar-refractivity contribution >= 4 is 55.7 Å². The average Bonchev–Trinajstić information content (AvgIpc) is 3.85. The Kier molecular flexibility index (Phi) is 10.6. The number of nitrogens with zero attached hydrogens (tertiary/aromatic N) is 2. The Balaban J connectivity index is 0.825. The molecule has 362 valence electrons. The van der Waals surface area contributed by atoms with Crippen LogP contribution in [0.4, 0.5) is 34.1 Å². The van der Waals surface area contributed by atoms with Crippen LogP contribution in [0.1, 0.15) is 49.9 Å². The van der Waals surface area contributed by atoms with Gasteiger partial charge in [0.25, 0.3) is 0 Å². The summed E-state index contributed by atoms with van der Waals surface area (Å²) < 4.78 is 0. The van der Waals surface area contributed by atoms with Gasteiger partial charge in [0.1, 0.15) is 0 Å². The monoisotopic (exact) mass is 972 g/mol. The lowest BCUT2D eigenvalue weighted by Crippen LogP contribution is -2.16. The van der Waals surface area contributed by atoms with E-state index in [-0.39, 0.29) is 10.8 Å². The van der Waals surface area contributed by atoms with E-state index in [1.807, 2.05) is 0 Å². The van der Waals surface area contributed by atoms with Crippen molar-refractivity contribution in [3.8, 4) is 55.6 Å². The Morgan fingerprint density at radius 3 is 0.908 bits per heavy atom. The average molecular weight is 973 g/mol. The standard InChI is InChI=1S/C74H56N2/c1-73(2)69-25-11-9-21-65(69)67-45-43-59(47-71(67)73)75(57-39-31-53(32-40-57)63-23-13-17-51-15-5-7-19-61(51)63)55-35-27-49(28-36-55)50-29-37-56(38-30-50)76(60-44-46-68-66-22-10-12-26-70(66)74(3,4)72(68)48-60)58-41-33-54(34-42-58)64-24-14-18-52-16-6-8-20-62(52)64/h5-48H,1-4H3. The predicted octanol–water partition coefficient (Wildman–Crippen LogP) is 20.5. The summed E-state index contributed by atoms with van der Waals surface area (Å²) in [5, 5.41) is 5.02. The molecule has 2 heteroatoms. The molecular weight excluding hydrogens is 917 g/mol. The van der Waals surface area contributed by atoms with Gasteiger partial charge in [-0.25, -0.2) is 0 Å². The quantitative estimate of drug-likeness (QED) is 0.142. The molecular formula is C74H56N2. The molecule has 0 heterocycles. The molecule has 0 spiro atoms. The lowest BCUT2D eigenvalue weighted by Gasteiger charge is -2.29. The Morgan fingerprint density at radius 1 is 0.224 bits per heavy atom. The van der Waals surface area contributed by atoms with Crippen molar-refractivity contribution < 1.29 is 0 Å². The second-order valence-corrected chi connectivity index (χ2v) is 21.7. The molecule has 0 fully saturated rings. The van der Waals surface area contributed by atoms with Crippen LogP contribution in [-0.2, 0) is 10.8 Å². The Hall–Kier alpha value is -9.24. The largest absolute Gasteiger partial charge is 0.310 e. The van der Waals surface area contributed by atoms with E-state index in [0.717, 1.165) is 45.3 Å². The molecule has 12 aromatic rings. The molecule has 0 amide bonds. The fourth-order valence-electron chi connectivity index (χ4n) is 12.7. The van der Waals surface area contributed by atoms with E-state index < -0.39 is 0 Å². The summed E-state index contributed by atoms with van der Waals surface area (Å²) in [7, 11) is 0. The highest BCUT2D eigenvalue weighted by Crippen LogP contribution is 2.53. The second kappa shape index (κ2) is 17.7. The molecule has 0 unspecified atom stereocenters. The SMILES string of the molecule is CC1(C)c2ccccc2-c2ccc(N(c3ccc(-c4ccc(N(c5ccc(-c6cccc7ccccc67)cc5)c5ccc6c(c5)C(C)(C)c5ccccc5-6)cc4)cc3)c3ccc(-c4cccc5ccccc45)cc3)cc21. The smallest absolute Gasteiger partial charge is 0.0465 e. The summed E-state index contributed by atoms with van der Waals surface area (Å²) >= 11 is 0. The van der Waals surface area contributed by atoms with Gasteiger partial charge >= 0.3 is 0 Å². The zero-order valence-corrected chi connectivity index (χ0v) is 43.3. The molecule has 12 aromatic carbocycles. The highest BCUT2D eigenvalue weighted by Gasteiger charge is 2.37. The third kappa shape index (κ3) is 7.39. The topological polar surface area (TPSA) is 6.48 Å². The van der Waals surface area contributed by atoms with Crippen molar-refractivity contribution in [2.45, 2.75) is 38.5 Å². The molecule has 0 aromatic heterocycles. The molecule has 2 nitrogen and oxygen atoms in total. The number of hydrogen-bond acceptors (Lipinski definition) is 2. The third-order valence-corrected chi connectivity index (χ3v) is 16.7. The zero-order chi connectivity index (χ0) is 51.1. The predicted molar refractivity (Wildman–Crippen MR) is 322 cm³/mol. The first-order chi connectivity index (χ1) is 37.2. The van der Waals surface area contributed by atoms with Crippen LogP contribution in [0.2, 0.25) is 0 Å². The first-order valence-electron chi connectivity index (χ1n) is 26.7. The van der Waals surface area contributed by atoms with Gasteiger partial charge in [0.05, 0.1) is 0 Å². The first kappa shape index (κ1) is 45.4. The maximum atomic E-state index is 2.42. The molecule has 76 heavy (non-hydrogen) atoms. The summed E-state index contributed by atoms with van der Waals surface area (Å²) in [6.07, 6.45) is 0. The normalized spacial score (nSPS) is 13.5. The van der Waals surface area contributed by atoms with Gasteiger partial charge in [-0.15, -0.1) is 0 Å². The Bertz CT molecular complexity index is 3910. The van der Waals surface area contributed by atoms with E-state index in [9.17, 15) is 0 Å². The van der Waals surface area contributed by atoms with E-state index in [2.05, 4.69) is 304 Å². The number of rotatable bonds is 9. The van der Waals surface area contributed by atoms with Crippen LogP contribution < -0.4 is 9.80 Å². The van der Waals surface area contributed by atoms with Crippen LogP contribution >= 0.6 is 0 Å². The van der Waals surface area contributed by atoms with Gasteiger partial charge < -0.3 is 9.80 Å². The van der Waals surface area contributed by atoms with E-state index >= 15 is 0 Å². The van der Waals surface area contributed by atoms with Crippen LogP contribution in [0.3, 0.4) is 0 Å². The fourth-order valence-corrected chi connectivity index (χ4v) is 12.7. The number of anilines is 6. The number of fused-ring (bicyclic) bond motifs is 8. The van der Waals surface area contributed by atoms with Crippen molar-refractivity contribution in [1.82, 2.24) is 0 Å². The van der Waals surface area contributed by atoms with Crippen molar-refractivity contribution in [2.75, 3.05) is 9.80 Å². The van der Waals surface area contributed by atoms with Gasteiger partial charge in [-0.05, 0) is 172 Å². The van der Waals surface area contributed by atoms with Gasteiger partial charge in [-0.2, -0.15) is 0 Å². The zero-order valence-electron chi connectivity index (χ0n) is 43.3. The van der Waals surface area contributed by atoms with E-state index in [1.54, 1.807) is 0 Å². The minimum absolute atomic E-state index is 0.124. The van der Waals surface area contributed by atoms with Crippen LogP contribution in [0, 0.1) is 0 Å². The summed E-state index contributed by atoms with van der Waals surface area (Å²) in [6.45, 7) is 9.44. The maximum absolute atomic E-state index is 2.42. The van der Waals surface area contributed by atoms with E-state index in [1.165, 1.54) is 88.3 Å². The second-order valence-electron chi connectivity index (χ2n) is 21.7. The van der Waals surface area contributed by atoms with Crippen LogP contribution in [0.15, 0.2) is 267 Å². The minimum Gasteiger partial charge on any atom is -0.310 e. The van der Waals surface area contributed by atoms with Gasteiger partial charge in [0, 0.05) is 45.0 Å². The van der Waals surface area contributed by atoms with E-state index in [4.69, 9.17) is 0 Å².